The van der Waals surface area contributed by atoms with E-state index >= 15 is 0 Å². The maximum absolute atomic E-state index is 12.6. The molecule has 0 saturated carbocycles. The molecular formula is C19H26N2O4. The Morgan fingerprint density at radius 3 is 2.68 bits per heavy atom. The Labute approximate surface area is 148 Å². The van der Waals surface area contributed by atoms with E-state index in [4.69, 9.17) is 9.47 Å². The van der Waals surface area contributed by atoms with Crippen molar-refractivity contribution in [3.8, 4) is 5.75 Å². The van der Waals surface area contributed by atoms with Crippen molar-refractivity contribution in [1.82, 2.24) is 10.6 Å². The summed E-state index contributed by atoms with van der Waals surface area (Å²) in [4.78, 5) is 24.6. The zero-order chi connectivity index (χ0) is 18.4. The number of benzene rings is 1. The lowest BCUT2D eigenvalue weighted by atomic mass is 9.95. The minimum absolute atomic E-state index is 0.231. The van der Waals surface area contributed by atoms with Crippen molar-refractivity contribution in [3.63, 3.8) is 0 Å². The molecule has 25 heavy (non-hydrogen) atoms. The van der Waals surface area contributed by atoms with E-state index in [-0.39, 0.29) is 11.9 Å². The summed E-state index contributed by atoms with van der Waals surface area (Å²) in [6, 6.07) is 6.45. The molecule has 2 N–H and O–H groups in total. The van der Waals surface area contributed by atoms with E-state index in [1.807, 2.05) is 45.0 Å². The molecule has 0 fully saturated rings. The number of ether oxygens (including phenoxy) is 2. The highest BCUT2D eigenvalue weighted by Crippen LogP contribution is 2.33. The first-order chi connectivity index (χ1) is 11.9. The van der Waals surface area contributed by atoms with Gasteiger partial charge in [-0.15, -0.1) is 0 Å². The molecule has 0 unspecified atom stereocenters. The van der Waals surface area contributed by atoms with E-state index < -0.39 is 12.0 Å². The van der Waals surface area contributed by atoms with Gasteiger partial charge in [0.05, 0.1) is 24.8 Å². The molecule has 0 radical (unpaired) electrons. The van der Waals surface area contributed by atoms with Crippen LogP contribution in [0.1, 0.15) is 45.7 Å². The number of carbonyl (C=O) groups excluding carboxylic acids is 2. The van der Waals surface area contributed by atoms with Gasteiger partial charge in [-0.3, -0.25) is 0 Å². The number of hydrogen-bond donors (Lipinski definition) is 2. The largest absolute Gasteiger partial charge is 0.493 e. The molecule has 1 atom stereocenters. The van der Waals surface area contributed by atoms with Crippen LogP contribution in [0.15, 0.2) is 35.5 Å². The third-order valence-electron chi connectivity index (χ3n) is 3.73. The Morgan fingerprint density at radius 1 is 1.28 bits per heavy atom. The van der Waals surface area contributed by atoms with E-state index in [2.05, 4.69) is 10.6 Å². The summed E-state index contributed by atoms with van der Waals surface area (Å²) >= 11 is 0. The molecule has 1 heterocycles. The van der Waals surface area contributed by atoms with Gasteiger partial charge in [-0.05, 0) is 25.3 Å². The fourth-order valence-electron chi connectivity index (χ4n) is 2.58. The highest BCUT2D eigenvalue weighted by molar-refractivity contribution is 5.95. The van der Waals surface area contributed by atoms with Crippen LogP contribution in [-0.4, -0.2) is 25.2 Å². The Morgan fingerprint density at radius 2 is 2.00 bits per heavy atom. The predicted molar refractivity (Wildman–Crippen MR) is 95.1 cm³/mol. The van der Waals surface area contributed by atoms with Crippen LogP contribution >= 0.6 is 0 Å². The van der Waals surface area contributed by atoms with Crippen molar-refractivity contribution < 1.29 is 19.1 Å². The minimum atomic E-state index is -0.610. The first kappa shape index (κ1) is 18.8. The molecule has 1 aliphatic heterocycles. The summed E-state index contributed by atoms with van der Waals surface area (Å²) in [6.07, 6.45) is 0.866. The zero-order valence-corrected chi connectivity index (χ0v) is 15.2. The average molecular weight is 346 g/mol. The van der Waals surface area contributed by atoms with Gasteiger partial charge in [0.15, 0.2) is 0 Å². The monoisotopic (exact) mass is 346 g/mol. The third-order valence-corrected chi connectivity index (χ3v) is 3.73. The molecule has 0 aromatic heterocycles. The van der Waals surface area contributed by atoms with Crippen LogP contribution in [0.4, 0.5) is 4.79 Å². The lowest BCUT2D eigenvalue weighted by Gasteiger charge is -2.29. The Hall–Kier alpha value is -2.50. The fourth-order valence-corrected chi connectivity index (χ4v) is 2.58. The summed E-state index contributed by atoms with van der Waals surface area (Å²) in [6.45, 7) is 8.55. The second kappa shape index (κ2) is 8.55. The molecule has 2 rings (SSSR count). The summed E-state index contributed by atoms with van der Waals surface area (Å²) in [5.41, 5.74) is 1.63. The van der Waals surface area contributed by atoms with Gasteiger partial charge in [0.25, 0.3) is 0 Å². The van der Waals surface area contributed by atoms with Crippen LogP contribution in [0.5, 0.6) is 5.75 Å². The Bertz CT molecular complexity index is 667. The number of amides is 2. The van der Waals surface area contributed by atoms with E-state index in [1.165, 1.54) is 0 Å². The average Bonchev–Trinajstić information content (AvgIpc) is 2.57. The number of carbonyl (C=O) groups is 2. The first-order valence-corrected chi connectivity index (χ1v) is 8.61. The molecular weight excluding hydrogens is 320 g/mol. The number of nitrogens with one attached hydrogen (secondary N) is 2. The number of para-hydroxylation sites is 1. The highest BCUT2D eigenvalue weighted by atomic mass is 16.5. The number of urea groups is 1. The van der Waals surface area contributed by atoms with Crippen LogP contribution < -0.4 is 15.4 Å². The molecule has 0 saturated heterocycles. The van der Waals surface area contributed by atoms with Gasteiger partial charge in [-0.2, -0.15) is 0 Å². The minimum Gasteiger partial charge on any atom is -0.493 e. The quantitative estimate of drug-likeness (QED) is 0.743. The second-order valence-corrected chi connectivity index (χ2v) is 6.45. The Kier molecular flexibility index (Phi) is 6.44. The van der Waals surface area contributed by atoms with Crippen molar-refractivity contribution in [2.75, 3.05) is 13.2 Å². The SMILES string of the molecule is CCCOc1ccccc1[C@@H]1NC(=O)NC(C)=C1C(=O)OCC(C)C. The van der Waals surface area contributed by atoms with Gasteiger partial charge in [0.2, 0.25) is 0 Å². The molecule has 136 valence electrons. The normalized spacial score (nSPS) is 17.2. The van der Waals surface area contributed by atoms with Crippen LogP contribution in [-0.2, 0) is 9.53 Å². The van der Waals surface area contributed by atoms with Crippen LogP contribution in [0, 0.1) is 5.92 Å². The summed E-state index contributed by atoms with van der Waals surface area (Å²) in [5.74, 6) is 0.446. The lowest BCUT2D eigenvalue weighted by molar-refractivity contribution is -0.140. The molecule has 6 heteroatoms. The van der Waals surface area contributed by atoms with Crippen LogP contribution in [0.3, 0.4) is 0 Å². The molecule has 0 bridgehead atoms. The van der Waals surface area contributed by atoms with Gasteiger partial charge < -0.3 is 20.1 Å². The highest BCUT2D eigenvalue weighted by Gasteiger charge is 2.33. The summed E-state index contributed by atoms with van der Waals surface area (Å²) < 4.78 is 11.2. The van der Waals surface area contributed by atoms with Crippen molar-refractivity contribution in [3.05, 3.63) is 41.1 Å². The maximum atomic E-state index is 12.6. The number of allylic oxidation sites excluding steroid dienone is 1. The van der Waals surface area contributed by atoms with Gasteiger partial charge in [-0.25, -0.2) is 9.59 Å². The first-order valence-electron chi connectivity index (χ1n) is 8.61. The van der Waals surface area contributed by atoms with Gasteiger partial charge in [-0.1, -0.05) is 39.0 Å². The van der Waals surface area contributed by atoms with E-state index in [1.54, 1.807) is 6.92 Å². The molecule has 1 aromatic carbocycles. The molecule has 0 spiro atoms. The van der Waals surface area contributed by atoms with Gasteiger partial charge in [0, 0.05) is 11.3 Å². The van der Waals surface area contributed by atoms with Crippen LogP contribution in [0.2, 0.25) is 0 Å². The smallest absolute Gasteiger partial charge is 0.338 e. The van der Waals surface area contributed by atoms with Crippen molar-refractivity contribution in [2.24, 2.45) is 5.92 Å². The molecule has 2 amide bonds. The molecule has 0 aliphatic carbocycles. The second-order valence-electron chi connectivity index (χ2n) is 6.45. The van der Waals surface area contributed by atoms with Gasteiger partial charge in [0.1, 0.15) is 5.75 Å². The third kappa shape index (κ3) is 4.75. The Balaban J connectivity index is 2.38. The van der Waals surface area contributed by atoms with Crippen molar-refractivity contribution in [1.29, 1.82) is 0 Å². The number of esters is 1. The van der Waals surface area contributed by atoms with E-state index in [0.717, 1.165) is 12.0 Å². The fraction of sp³-hybridized carbons (Fsp3) is 0.474. The van der Waals surface area contributed by atoms with Crippen LogP contribution in [0.25, 0.3) is 0 Å². The zero-order valence-electron chi connectivity index (χ0n) is 15.2. The van der Waals surface area contributed by atoms with Gasteiger partial charge >= 0.3 is 12.0 Å². The molecule has 1 aliphatic rings. The topological polar surface area (TPSA) is 76.7 Å². The van der Waals surface area contributed by atoms with Crippen molar-refractivity contribution in [2.45, 2.75) is 40.2 Å². The number of hydrogen-bond acceptors (Lipinski definition) is 4. The van der Waals surface area contributed by atoms with E-state index in [9.17, 15) is 9.59 Å². The van der Waals surface area contributed by atoms with Crippen molar-refractivity contribution >= 4 is 12.0 Å². The number of rotatable bonds is 7. The van der Waals surface area contributed by atoms with E-state index in [0.29, 0.717) is 30.2 Å². The maximum Gasteiger partial charge on any atom is 0.338 e. The predicted octanol–water partition coefficient (Wildman–Crippen LogP) is 3.30. The lowest BCUT2D eigenvalue weighted by Crippen LogP contribution is -2.45. The standard InChI is InChI=1S/C19H26N2O4/c1-5-10-24-15-9-7-6-8-14(15)17-16(13(4)20-19(23)21-17)18(22)25-11-12(2)3/h6-9,12,17H,5,10-11H2,1-4H3,(H2,20,21,23)/t17-/m0/s1. The molecule has 6 nitrogen and oxygen atoms in total. The molecule has 1 aromatic rings. The summed E-state index contributed by atoms with van der Waals surface area (Å²) in [5, 5.41) is 5.46. The summed E-state index contributed by atoms with van der Waals surface area (Å²) in [7, 11) is 0.